The van der Waals surface area contributed by atoms with Crippen LogP contribution in [0.4, 0.5) is 17.6 Å². The number of terminal acetylenes is 4. The van der Waals surface area contributed by atoms with Crippen LogP contribution in [0.25, 0.3) is 0 Å². The standard InChI is InChI=1S/4C11H12FN2O8PS/c4*1-2-5-3-14(10(24)13-8(5)17)9-6(15)7(16)11(12,22-9)4-21-23(18,19)20/h4*1,3,6-7,9,15-16H,4H2,(H,13,17,24)(H2,18,19,20)/t4*6-,7+,9-,11-/m1111/s1/i4D2,9D;9D;4D2;. The second-order valence-electron chi connectivity index (χ2n) is 18.6. The van der Waals surface area contributed by atoms with Crippen LogP contribution >= 0.6 is 80.2 Å². The first-order chi connectivity index (χ1) is 46.1. The van der Waals surface area contributed by atoms with Gasteiger partial charge in [-0.25, -0.2) is 35.8 Å². The Morgan fingerprint density at radius 3 is 0.979 bits per heavy atom. The third kappa shape index (κ3) is 19.4. The highest BCUT2D eigenvalue weighted by atomic mass is 32.1. The van der Waals surface area contributed by atoms with Gasteiger partial charge in [0.15, 0.2) is 43.9 Å². The molecule has 0 aliphatic carbocycles. The summed E-state index contributed by atoms with van der Waals surface area (Å²) in [4.78, 5) is 124. The number of hydrogen-bond donors (Lipinski definition) is 20. The van der Waals surface area contributed by atoms with E-state index in [1.165, 1.54) is 0 Å². The van der Waals surface area contributed by atoms with Crippen molar-refractivity contribution in [1.82, 2.24) is 38.2 Å². The molecule has 4 fully saturated rings. The van der Waals surface area contributed by atoms with Crippen molar-refractivity contribution in [3.8, 4) is 49.4 Å². The van der Waals surface area contributed by atoms with Crippen LogP contribution in [0.2, 0.25) is 0 Å². The van der Waals surface area contributed by atoms with Crippen molar-refractivity contribution in [3.63, 3.8) is 0 Å². The Balaban J connectivity index is 0.000000245. The monoisotopic (exact) mass is 1530 g/mol. The summed E-state index contributed by atoms with van der Waals surface area (Å²) < 4.78 is 183. The number of hydrogen-bond acceptors (Lipinski definition) is 28. The molecule has 528 valence electrons. The van der Waals surface area contributed by atoms with Gasteiger partial charge in [0.05, 0.1) is 8.22 Å². The molecule has 4 aromatic heterocycles. The first-order valence-corrected chi connectivity index (χ1v) is 32.1. The molecule has 4 aliphatic heterocycles. The predicted octanol–water partition coefficient (Wildman–Crippen LogP) is -4.35. The number of alkyl halides is 4. The SMILES string of the molecule is C#Cc1cn([C@@H]2O[C@](F)(COP(=O)(O)O)[C@@H](O)[C@H]2O)c(=S)[nH]c1=O.[2H]C([2H])(OP(=O)(O)O)[C@@]1(F)O[C@@H](n2cc(C#C)c(=O)[nH]c2=S)[C@H](O)[C@@H]1O.[2H]C([2H])(OP(=O)(O)O)[C@@]1(F)O[C@@]([2H])(n2cc(C#C)c(=O)[nH]c2=S)[C@H](O)[C@@H]1O.[2H][C@@]1(n2cc(C#C)c(=O)[nH]c2=S)O[C@](F)(COP(=O)(O)O)[C@@H](O)[C@H]1O. The molecule has 16 atom stereocenters. The van der Waals surface area contributed by atoms with Gasteiger partial charge in [0, 0.05) is 24.8 Å². The first kappa shape index (κ1) is 71.6. The molecule has 0 spiro atoms. The summed E-state index contributed by atoms with van der Waals surface area (Å²) in [7, 11) is -21.3. The minimum atomic E-state index is -5.62. The molecule has 0 unspecified atom stereocenters. The van der Waals surface area contributed by atoms with Gasteiger partial charge in [-0.05, 0) is 48.9 Å². The number of aromatic nitrogens is 8. The summed E-state index contributed by atoms with van der Waals surface area (Å²) in [6, 6.07) is 0. The fourth-order valence-electron chi connectivity index (χ4n) is 7.56. The van der Waals surface area contributed by atoms with Gasteiger partial charge in [-0.1, -0.05) is 23.7 Å². The lowest BCUT2D eigenvalue weighted by Crippen LogP contribution is -2.42. The Labute approximate surface area is 557 Å². The lowest BCUT2D eigenvalue weighted by atomic mass is 10.1. The zero-order valence-electron chi connectivity index (χ0n) is 52.2. The molecule has 4 aromatic rings. The van der Waals surface area contributed by atoms with Gasteiger partial charge in [0.1, 0.15) is 97.4 Å². The van der Waals surface area contributed by atoms with Gasteiger partial charge in [-0.2, -0.15) is 0 Å². The Morgan fingerprint density at radius 2 is 0.677 bits per heavy atom. The van der Waals surface area contributed by atoms with Gasteiger partial charge in [0.25, 0.3) is 45.7 Å². The van der Waals surface area contributed by atoms with Gasteiger partial charge in [-0.3, -0.25) is 75.5 Å². The van der Waals surface area contributed by atoms with E-state index in [2.05, 4.69) is 42.5 Å². The molecule has 52 heteroatoms. The van der Waals surface area contributed by atoms with E-state index in [0.717, 1.165) is 33.9 Å². The van der Waals surface area contributed by atoms with E-state index in [-0.39, 0.29) is 21.5 Å². The van der Waals surface area contributed by atoms with Gasteiger partial charge in [0.2, 0.25) is 0 Å². The summed E-state index contributed by atoms with van der Waals surface area (Å²) in [5.41, 5.74) is -4.35. The van der Waals surface area contributed by atoms with Crippen molar-refractivity contribution in [2.24, 2.45) is 0 Å². The molecule has 0 aromatic carbocycles. The lowest BCUT2D eigenvalue weighted by Gasteiger charge is -2.23. The highest BCUT2D eigenvalue weighted by Crippen LogP contribution is 2.48. The fourth-order valence-corrected chi connectivity index (χ4v) is 9.71. The molecule has 40 nitrogen and oxygen atoms in total. The van der Waals surface area contributed by atoms with Crippen LogP contribution in [0, 0.1) is 68.5 Å². The molecule has 0 radical (unpaired) electrons. The number of aromatic amines is 4. The number of phosphoric ester groups is 4. The molecule has 4 saturated heterocycles. The summed E-state index contributed by atoms with van der Waals surface area (Å²) in [5.74, 6) is -6.59. The predicted molar refractivity (Wildman–Crippen MR) is 311 cm³/mol. The second-order valence-corrected chi connectivity index (χ2v) is 25.0. The van der Waals surface area contributed by atoms with E-state index in [9.17, 15) is 91.5 Å². The Hall–Kier alpha value is -5.68. The Kier molecular flexibility index (Phi) is 23.0. The molecule has 8 rings (SSSR count). The van der Waals surface area contributed by atoms with E-state index < -0.39 is 197 Å². The number of aliphatic hydroxyl groups is 8. The van der Waals surface area contributed by atoms with Crippen molar-refractivity contribution >= 4 is 80.2 Å². The molecule has 8 heterocycles. The van der Waals surface area contributed by atoms with Crippen molar-refractivity contribution in [2.75, 3.05) is 26.3 Å². The van der Waals surface area contributed by atoms with Crippen molar-refractivity contribution < 1.29 is 161 Å². The van der Waals surface area contributed by atoms with Gasteiger partial charge in [-0.15, -0.1) is 25.7 Å². The highest BCUT2D eigenvalue weighted by Gasteiger charge is 2.60. The fraction of sp³-hybridized carbons (Fsp3) is 0.455. The Morgan fingerprint density at radius 1 is 0.448 bits per heavy atom. The third-order valence-corrected chi connectivity index (χ3v) is 14.9. The average molecular weight is 1540 g/mol. The number of rotatable bonds is 16. The topological polar surface area (TPSA) is 617 Å². The van der Waals surface area contributed by atoms with Gasteiger partial charge < -0.3 is 98.9 Å². The van der Waals surface area contributed by atoms with E-state index in [1.807, 2.05) is 28.7 Å². The number of H-pyrrole nitrogens is 4. The summed E-state index contributed by atoms with van der Waals surface area (Å²) in [6.45, 7) is -10.7. The van der Waals surface area contributed by atoms with Crippen LogP contribution in [-0.4, -0.2) is 217 Å². The quantitative estimate of drug-likeness (QED) is 0.0218. The molecule has 4 aliphatic rings. The molecule has 20 N–H and O–H groups in total. The first-order valence-electron chi connectivity index (χ1n) is 27.3. The van der Waals surface area contributed by atoms with Crippen LogP contribution in [0.1, 0.15) is 55.3 Å². The maximum atomic E-state index is 15.1. The van der Waals surface area contributed by atoms with Crippen LogP contribution in [-0.2, 0) is 55.3 Å². The van der Waals surface area contributed by atoms with Crippen LogP contribution in [0.3, 0.4) is 0 Å². The number of phosphoric acid groups is 4. The van der Waals surface area contributed by atoms with Crippen molar-refractivity contribution in [2.45, 2.75) is 97.1 Å². The van der Waals surface area contributed by atoms with Gasteiger partial charge >= 0.3 is 31.3 Å². The number of halogens is 4. The molecular formula is C44H48F4N8O32P4S4. The van der Waals surface area contributed by atoms with E-state index in [0.29, 0.717) is 9.13 Å². The lowest BCUT2D eigenvalue weighted by molar-refractivity contribution is -0.204. The number of nitrogens with zero attached hydrogens (tertiary/aromatic N) is 4. The average Bonchev–Trinajstić information content (AvgIpc) is 1.51. The van der Waals surface area contributed by atoms with E-state index in [4.69, 9.17) is 131 Å². The maximum absolute atomic E-state index is 15.1. The number of ether oxygens (including phenoxy) is 4. The largest absolute Gasteiger partial charge is 0.469 e. The third-order valence-electron chi connectivity index (χ3n) is 12.0. The van der Waals surface area contributed by atoms with Crippen molar-refractivity contribution in [3.05, 3.63) is 108 Å². The molecule has 0 saturated carbocycles. The van der Waals surface area contributed by atoms with E-state index in [1.54, 1.807) is 0 Å². The zero-order valence-corrected chi connectivity index (χ0v) is 53.1. The molecule has 0 amide bonds. The molecular weight excluding hydrogens is 1480 g/mol. The second kappa shape index (κ2) is 30.8. The summed E-state index contributed by atoms with van der Waals surface area (Å²) >= 11 is 19.3. The summed E-state index contributed by atoms with van der Waals surface area (Å²) in [5, 5.41) is 79.5. The van der Waals surface area contributed by atoms with Crippen molar-refractivity contribution in [1.29, 1.82) is 0 Å². The van der Waals surface area contributed by atoms with E-state index >= 15 is 4.39 Å². The smallest absolute Gasteiger partial charge is 0.385 e. The highest BCUT2D eigenvalue weighted by molar-refractivity contribution is 7.71. The van der Waals surface area contributed by atoms with Crippen LogP contribution < -0.4 is 22.2 Å². The Bertz CT molecular complexity index is 4820. The molecule has 0 bridgehead atoms. The zero-order chi connectivity index (χ0) is 78.6. The minimum Gasteiger partial charge on any atom is -0.385 e. The minimum absolute atomic E-state index is 0.197. The maximum Gasteiger partial charge on any atom is 0.469 e. The number of aliphatic hydroxyl groups excluding tert-OH is 8. The number of nitrogens with one attached hydrogen (secondary N) is 4. The van der Waals surface area contributed by atoms with Crippen LogP contribution in [0.5, 0.6) is 0 Å². The normalized spacial score (nSPS) is 33.0. The van der Waals surface area contributed by atoms with Crippen LogP contribution in [0.15, 0.2) is 44.0 Å². The summed E-state index contributed by atoms with van der Waals surface area (Å²) in [6.07, 6.45) is -4.55. The molecule has 96 heavy (non-hydrogen) atoms.